The van der Waals surface area contributed by atoms with E-state index in [0.717, 1.165) is 22.1 Å². The fraction of sp³-hybridized carbons (Fsp3) is 0.273. The molecule has 0 amide bonds. The summed E-state index contributed by atoms with van der Waals surface area (Å²) in [5, 5.41) is 1.55. The summed E-state index contributed by atoms with van der Waals surface area (Å²) in [7, 11) is 0. The first-order valence-corrected chi connectivity index (χ1v) is 12.6. The lowest BCUT2D eigenvalue weighted by molar-refractivity contribution is 0.624. The van der Waals surface area contributed by atoms with Gasteiger partial charge >= 0.3 is 0 Å². The predicted octanol–water partition coefficient (Wildman–Crippen LogP) is 9.12. The number of fused-ring (bicyclic) bond motifs is 1. The van der Waals surface area contributed by atoms with E-state index in [1.54, 1.807) is 0 Å². The zero-order valence-corrected chi connectivity index (χ0v) is 20.3. The molecule has 0 aromatic heterocycles. The van der Waals surface area contributed by atoms with Crippen LogP contribution in [0.5, 0.6) is 0 Å². The summed E-state index contributed by atoms with van der Waals surface area (Å²) in [6, 6.07) is 26.9. The van der Waals surface area contributed by atoms with Crippen molar-refractivity contribution >= 4 is 10.8 Å². The Labute approximate surface area is 203 Å². The van der Waals surface area contributed by atoms with Gasteiger partial charge in [-0.1, -0.05) is 106 Å². The van der Waals surface area contributed by atoms with Crippen molar-refractivity contribution in [3.05, 3.63) is 107 Å². The van der Waals surface area contributed by atoms with E-state index in [9.17, 15) is 4.39 Å². The van der Waals surface area contributed by atoms with Crippen LogP contribution in [-0.4, -0.2) is 0 Å². The van der Waals surface area contributed by atoms with Gasteiger partial charge < -0.3 is 0 Å². The Morgan fingerprint density at radius 3 is 2.00 bits per heavy atom. The zero-order chi connectivity index (χ0) is 23.8. The molecule has 172 valence electrons. The van der Waals surface area contributed by atoms with E-state index in [0.29, 0.717) is 11.8 Å². The van der Waals surface area contributed by atoms with E-state index in [-0.39, 0.29) is 5.82 Å². The van der Waals surface area contributed by atoms with Gasteiger partial charge in [0.05, 0.1) is 0 Å². The Hall–Kier alpha value is -3.37. The third-order valence-corrected chi connectivity index (χ3v) is 6.51. The molecule has 0 atom stereocenters. The highest BCUT2D eigenvalue weighted by atomic mass is 19.1. The summed E-state index contributed by atoms with van der Waals surface area (Å²) in [5.41, 5.74) is 6.48. The second-order valence-electron chi connectivity index (χ2n) is 9.02. The van der Waals surface area contributed by atoms with Crippen molar-refractivity contribution in [2.75, 3.05) is 0 Å². The van der Waals surface area contributed by atoms with Gasteiger partial charge in [-0.05, 0) is 71.2 Å². The molecule has 4 rings (SSSR count). The molecule has 0 aliphatic rings. The molecule has 0 radical (unpaired) electrons. The van der Waals surface area contributed by atoms with E-state index in [1.165, 1.54) is 55.2 Å². The second-order valence-corrected chi connectivity index (χ2v) is 9.02. The number of hydrogen-bond acceptors (Lipinski definition) is 0. The van der Waals surface area contributed by atoms with Crippen molar-refractivity contribution in [1.82, 2.24) is 0 Å². The van der Waals surface area contributed by atoms with Gasteiger partial charge in [0.1, 0.15) is 5.82 Å². The van der Waals surface area contributed by atoms with Crippen molar-refractivity contribution in [2.24, 2.45) is 0 Å². The van der Waals surface area contributed by atoms with Crippen LogP contribution in [0.3, 0.4) is 0 Å². The first-order chi connectivity index (χ1) is 16.7. The second kappa shape index (κ2) is 11.7. The van der Waals surface area contributed by atoms with Crippen molar-refractivity contribution in [2.45, 2.75) is 58.8 Å². The van der Waals surface area contributed by atoms with Gasteiger partial charge in [-0.25, -0.2) is 4.39 Å². The van der Waals surface area contributed by atoms with Gasteiger partial charge in [-0.2, -0.15) is 0 Å². The SMILES string of the molecule is CCCCCCCc1ccc(-c2ccc(C#Cc3ccc4c(F)c(CC)ccc4c3)cc2)cc1. The highest BCUT2D eigenvalue weighted by Crippen LogP contribution is 2.23. The minimum absolute atomic E-state index is 0.116. The van der Waals surface area contributed by atoms with Crippen LogP contribution in [0.2, 0.25) is 0 Å². The van der Waals surface area contributed by atoms with Crippen molar-refractivity contribution in [3.63, 3.8) is 0 Å². The number of rotatable bonds is 8. The lowest BCUT2D eigenvalue weighted by atomic mass is 10.00. The molecule has 1 heteroatoms. The number of benzene rings is 4. The van der Waals surface area contributed by atoms with Crippen LogP contribution in [0.15, 0.2) is 78.9 Å². The fourth-order valence-electron chi connectivity index (χ4n) is 4.37. The van der Waals surface area contributed by atoms with E-state index in [1.807, 2.05) is 37.3 Å². The van der Waals surface area contributed by atoms with Crippen LogP contribution in [0.25, 0.3) is 21.9 Å². The first kappa shape index (κ1) is 23.8. The molecular weight excluding hydrogens is 415 g/mol. The van der Waals surface area contributed by atoms with E-state index < -0.39 is 0 Å². The highest BCUT2D eigenvalue weighted by Gasteiger charge is 2.06. The molecule has 0 spiro atoms. The molecule has 0 saturated carbocycles. The predicted molar refractivity (Wildman–Crippen MR) is 144 cm³/mol. The lowest BCUT2D eigenvalue weighted by Gasteiger charge is -2.05. The maximum atomic E-state index is 14.5. The molecule has 0 aliphatic heterocycles. The van der Waals surface area contributed by atoms with Crippen molar-refractivity contribution < 1.29 is 4.39 Å². The Balaban J connectivity index is 1.41. The molecule has 0 N–H and O–H groups in total. The highest BCUT2D eigenvalue weighted by molar-refractivity contribution is 5.85. The van der Waals surface area contributed by atoms with Gasteiger partial charge in [0.2, 0.25) is 0 Å². The van der Waals surface area contributed by atoms with Crippen LogP contribution >= 0.6 is 0 Å². The lowest BCUT2D eigenvalue weighted by Crippen LogP contribution is -1.89. The molecule has 0 unspecified atom stereocenters. The summed E-state index contributed by atoms with van der Waals surface area (Å²) in [4.78, 5) is 0. The molecule has 34 heavy (non-hydrogen) atoms. The molecule has 0 fully saturated rings. The Kier molecular flexibility index (Phi) is 8.16. The summed E-state index contributed by atoms with van der Waals surface area (Å²) in [6.45, 7) is 4.23. The third-order valence-electron chi connectivity index (χ3n) is 6.51. The number of unbranched alkanes of at least 4 members (excludes halogenated alkanes) is 4. The van der Waals surface area contributed by atoms with Gasteiger partial charge in [0, 0.05) is 16.5 Å². The largest absolute Gasteiger partial charge is 0.206 e. The van der Waals surface area contributed by atoms with Gasteiger partial charge in [0.15, 0.2) is 0 Å². The summed E-state index contributed by atoms with van der Waals surface area (Å²) >= 11 is 0. The van der Waals surface area contributed by atoms with Gasteiger partial charge in [0.25, 0.3) is 0 Å². The normalized spacial score (nSPS) is 10.8. The fourth-order valence-corrected chi connectivity index (χ4v) is 4.37. The smallest absolute Gasteiger partial charge is 0.134 e. The van der Waals surface area contributed by atoms with Crippen LogP contribution in [0.1, 0.15) is 68.2 Å². The Morgan fingerprint density at radius 2 is 1.29 bits per heavy atom. The molecule has 0 saturated heterocycles. The number of hydrogen-bond donors (Lipinski definition) is 0. The molecule has 4 aromatic carbocycles. The van der Waals surface area contributed by atoms with Crippen LogP contribution in [0.4, 0.5) is 4.39 Å². The van der Waals surface area contributed by atoms with Crippen LogP contribution in [-0.2, 0) is 12.8 Å². The van der Waals surface area contributed by atoms with Crippen LogP contribution in [0, 0.1) is 17.7 Å². The van der Waals surface area contributed by atoms with Crippen molar-refractivity contribution in [1.29, 1.82) is 0 Å². The monoisotopic (exact) mass is 448 g/mol. The van der Waals surface area contributed by atoms with Gasteiger partial charge in [-0.3, -0.25) is 0 Å². The van der Waals surface area contributed by atoms with Gasteiger partial charge in [-0.15, -0.1) is 0 Å². The number of halogens is 1. The number of aryl methyl sites for hydroxylation is 2. The summed E-state index contributed by atoms with van der Waals surface area (Å²) < 4.78 is 14.5. The van der Waals surface area contributed by atoms with Crippen LogP contribution < -0.4 is 0 Å². The minimum Gasteiger partial charge on any atom is -0.206 e. The summed E-state index contributed by atoms with van der Waals surface area (Å²) in [5.74, 6) is 6.36. The molecule has 0 nitrogen and oxygen atoms in total. The van der Waals surface area contributed by atoms with E-state index >= 15 is 0 Å². The Bertz CT molecular complexity index is 1280. The maximum absolute atomic E-state index is 14.5. The average Bonchev–Trinajstić information content (AvgIpc) is 2.88. The van der Waals surface area contributed by atoms with Crippen molar-refractivity contribution in [3.8, 4) is 23.0 Å². The zero-order valence-electron chi connectivity index (χ0n) is 20.3. The third kappa shape index (κ3) is 5.95. The van der Waals surface area contributed by atoms with E-state index in [4.69, 9.17) is 0 Å². The molecule has 0 aliphatic carbocycles. The Morgan fingerprint density at radius 1 is 0.647 bits per heavy atom. The van der Waals surface area contributed by atoms with E-state index in [2.05, 4.69) is 67.3 Å². The maximum Gasteiger partial charge on any atom is 0.134 e. The first-order valence-electron chi connectivity index (χ1n) is 12.6. The quantitative estimate of drug-likeness (QED) is 0.186. The standard InChI is InChI=1S/C33H33F/c1-3-5-6-7-8-9-25-12-17-29(18-13-25)30-19-14-26(15-20-30)10-11-27-16-23-32-31(24-27)22-21-28(4-2)33(32)34/h12-24H,3-9H2,1-2H3. The molecule has 0 heterocycles. The summed E-state index contributed by atoms with van der Waals surface area (Å²) in [6.07, 6.45) is 8.46. The molecular formula is C33H33F. The molecule has 4 aromatic rings. The average molecular weight is 449 g/mol. The molecule has 0 bridgehead atoms. The topological polar surface area (TPSA) is 0 Å². The minimum atomic E-state index is -0.116.